The first-order valence-electron chi connectivity index (χ1n) is 21.0. The molecule has 0 amide bonds. The number of para-hydroxylation sites is 3. The zero-order chi connectivity index (χ0) is 41.8. The molecule has 0 aliphatic carbocycles. The number of hydrogen-bond acceptors (Lipinski definition) is 4. The van der Waals surface area contributed by atoms with Crippen LogP contribution in [0, 0.1) is 19.2 Å². The predicted molar refractivity (Wildman–Crippen MR) is 256 cm³/mol. The molecule has 7 heteroatoms. The Hall–Kier alpha value is -6.36. The number of nitrogens with zero attached hydrogens (tertiary/aromatic N) is 3. The summed E-state index contributed by atoms with van der Waals surface area (Å²) in [5.74, 6) is 2.50. The van der Waals surface area contributed by atoms with Gasteiger partial charge in [-0.1, -0.05) is 166 Å². The third-order valence-electron chi connectivity index (χ3n) is 11.9. The van der Waals surface area contributed by atoms with E-state index in [9.17, 15) is 0 Å². The Kier molecular flexibility index (Phi) is 10.9. The summed E-state index contributed by atoms with van der Waals surface area (Å²) in [4.78, 5) is 6.97. The topological polar surface area (TPSA) is 42.3 Å². The molecule has 0 radical (unpaired) electrons. The summed E-state index contributed by atoms with van der Waals surface area (Å²) in [7, 11) is 4.69. The van der Waals surface area contributed by atoms with Gasteiger partial charge in [-0.25, -0.2) is 4.98 Å². The van der Waals surface area contributed by atoms with Gasteiger partial charge >= 0.3 is 0 Å². The van der Waals surface area contributed by atoms with Crippen molar-refractivity contribution in [3.05, 3.63) is 189 Å². The number of benzene rings is 7. The van der Waals surface area contributed by atoms with Crippen LogP contribution in [0.15, 0.2) is 164 Å². The number of hydrogen-bond donors (Lipinski definition) is 1. The number of nitrogens with one attached hydrogen (secondary N) is 1. The molecule has 7 aromatic carbocycles. The molecule has 0 atom stereocenters. The Morgan fingerprint density at radius 2 is 1.35 bits per heavy atom. The fourth-order valence-corrected chi connectivity index (χ4v) is 9.14. The van der Waals surface area contributed by atoms with Crippen molar-refractivity contribution in [1.29, 1.82) is 0 Å². The summed E-state index contributed by atoms with van der Waals surface area (Å²) in [5.41, 5.74) is 14.0. The van der Waals surface area contributed by atoms with Crippen molar-refractivity contribution in [2.45, 2.75) is 45.9 Å². The molecular formula is C55H46BN4OPt-3. The van der Waals surface area contributed by atoms with E-state index in [0.717, 1.165) is 61.9 Å². The van der Waals surface area contributed by atoms with Crippen molar-refractivity contribution in [2.75, 3.05) is 10.2 Å². The molecule has 1 aliphatic heterocycles. The molecule has 1 N–H and O–H groups in total. The van der Waals surface area contributed by atoms with Gasteiger partial charge in [0.25, 0.3) is 0 Å². The van der Waals surface area contributed by atoms with E-state index in [-0.39, 0.29) is 33.2 Å². The van der Waals surface area contributed by atoms with Crippen LogP contribution in [-0.2, 0) is 26.5 Å². The van der Waals surface area contributed by atoms with Crippen molar-refractivity contribution >= 4 is 62.2 Å². The van der Waals surface area contributed by atoms with E-state index in [1.165, 1.54) is 27.3 Å². The summed E-state index contributed by atoms with van der Waals surface area (Å²) in [6.07, 6.45) is 1.92. The maximum atomic E-state index is 6.75. The normalized spacial score (nSPS) is 12.0. The van der Waals surface area contributed by atoms with E-state index in [1.807, 2.05) is 53.6 Å². The van der Waals surface area contributed by atoms with E-state index in [0.29, 0.717) is 17.3 Å². The van der Waals surface area contributed by atoms with Crippen molar-refractivity contribution in [1.82, 2.24) is 9.55 Å². The zero-order valence-electron chi connectivity index (χ0n) is 35.5. The Labute approximate surface area is 379 Å². The molecule has 62 heavy (non-hydrogen) atoms. The van der Waals surface area contributed by atoms with Crippen molar-refractivity contribution in [3.8, 4) is 39.6 Å². The van der Waals surface area contributed by atoms with Gasteiger partial charge in [0.05, 0.1) is 5.69 Å². The molecule has 0 unspecified atom stereocenters. The van der Waals surface area contributed by atoms with Crippen LogP contribution >= 0.6 is 0 Å². The average Bonchev–Trinajstić information content (AvgIpc) is 3.80. The second kappa shape index (κ2) is 16.5. The molecular weight excluding hydrogens is 939 g/mol. The fraction of sp³-hybridized carbons (Fsp3) is 0.127. The number of anilines is 4. The van der Waals surface area contributed by atoms with Crippen LogP contribution < -0.4 is 25.9 Å². The molecule has 3 heterocycles. The van der Waals surface area contributed by atoms with Gasteiger partial charge in [0, 0.05) is 66.8 Å². The van der Waals surface area contributed by atoms with Crippen LogP contribution in [0.1, 0.15) is 40.2 Å². The largest absolute Gasteiger partial charge is 0.509 e. The molecule has 5 nitrogen and oxygen atoms in total. The van der Waals surface area contributed by atoms with Crippen molar-refractivity contribution in [3.63, 3.8) is 0 Å². The molecule has 1 aliphatic rings. The quantitative estimate of drug-likeness (QED) is 0.110. The van der Waals surface area contributed by atoms with Crippen LogP contribution in [0.2, 0.25) is 5.82 Å². The van der Waals surface area contributed by atoms with Crippen LogP contribution in [-0.4, -0.2) is 16.3 Å². The van der Waals surface area contributed by atoms with E-state index in [1.54, 1.807) is 0 Å². The molecule has 0 fully saturated rings. The minimum Gasteiger partial charge on any atom is -0.509 e. The fourth-order valence-electron chi connectivity index (χ4n) is 9.14. The van der Waals surface area contributed by atoms with E-state index in [2.05, 4.69) is 172 Å². The molecule has 0 spiro atoms. The maximum absolute atomic E-state index is 6.75. The smallest absolute Gasteiger partial charge is 0.186 e. The van der Waals surface area contributed by atoms with Gasteiger partial charge in [-0.05, 0) is 52.4 Å². The number of pyridine rings is 1. The second-order valence-electron chi connectivity index (χ2n) is 17.3. The van der Waals surface area contributed by atoms with Gasteiger partial charge in [-0.2, -0.15) is 11.5 Å². The second-order valence-corrected chi connectivity index (χ2v) is 17.3. The third kappa shape index (κ3) is 7.31. The standard InChI is InChI=1S/C55H46BN4O.Pt/c1-36(2)56-45-26-17-29-49-52(45)53-46(56)34-42(35-50(53)60(49)51-32-39(30-31-57-51)55(3,4)5)61-41-23-15-22-40(33-41)58-47-27-13-14-28-48(47)59(6)54-43(37-18-9-7-10-19-37)24-16-25-44(54)38-20-11-8-12-21-38;/h7-32,34,36,58H,6H2,1-5H3;/q-3;. The van der Waals surface area contributed by atoms with E-state index >= 15 is 0 Å². The Morgan fingerprint density at radius 3 is 2.05 bits per heavy atom. The van der Waals surface area contributed by atoms with Gasteiger partial charge in [0.2, 0.25) is 0 Å². The summed E-state index contributed by atoms with van der Waals surface area (Å²) in [6, 6.07) is 62.1. The van der Waals surface area contributed by atoms with E-state index in [4.69, 9.17) is 16.8 Å². The molecule has 0 bridgehead atoms. The van der Waals surface area contributed by atoms with Crippen LogP contribution in [0.3, 0.4) is 0 Å². The summed E-state index contributed by atoms with van der Waals surface area (Å²) >= 11 is 0. The van der Waals surface area contributed by atoms with E-state index < -0.39 is 0 Å². The molecule has 308 valence electrons. The van der Waals surface area contributed by atoms with Gasteiger partial charge in [-0.15, -0.1) is 35.7 Å². The average molecular weight is 985 g/mol. The Bertz CT molecular complexity index is 3020. The summed E-state index contributed by atoms with van der Waals surface area (Å²) in [6.45, 7) is 11.6. The third-order valence-corrected chi connectivity index (χ3v) is 11.9. The van der Waals surface area contributed by atoms with Gasteiger partial charge < -0.3 is 19.5 Å². The van der Waals surface area contributed by atoms with Gasteiger partial charge in [-0.3, -0.25) is 7.05 Å². The molecule has 10 rings (SSSR count). The predicted octanol–water partition coefficient (Wildman–Crippen LogP) is 13.2. The van der Waals surface area contributed by atoms with Gasteiger partial charge in [0.15, 0.2) is 6.71 Å². The maximum Gasteiger partial charge on any atom is 0.186 e. The minimum atomic E-state index is -0.0242. The van der Waals surface area contributed by atoms with Crippen LogP contribution in [0.25, 0.3) is 49.9 Å². The number of aromatic nitrogens is 2. The monoisotopic (exact) mass is 984 g/mol. The van der Waals surface area contributed by atoms with Crippen molar-refractivity contribution < 1.29 is 25.8 Å². The Morgan fingerprint density at radius 1 is 0.694 bits per heavy atom. The Balaban J connectivity index is 0.00000490. The summed E-state index contributed by atoms with van der Waals surface area (Å²) < 4.78 is 9.02. The molecule has 0 saturated heterocycles. The minimum absolute atomic E-state index is 0. The van der Waals surface area contributed by atoms with Crippen LogP contribution in [0.5, 0.6) is 11.5 Å². The number of ether oxygens (including phenoxy) is 1. The molecule has 9 aromatic rings. The first-order chi connectivity index (χ1) is 29.6. The number of rotatable bonds is 10. The van der Waals surface area contributed by atoms with Crippen LogP contribution in [0.4, 0.5) is 22.7 Å². The van der Waals surface area contributed by atoms with Gasteiger partial charge in [0.1, 0.15) is 5.82 Å². The van der Waals surface area contributed by atoms with Crippen molar-refractivity contribution in [2.24, 2.45) is 0 Å². The molecule has 0 saturated carbocycles. The zero-order valence-corrected chi connectivity index (χ0v) is 37.8. The molecule has 2 aromatic heterocycles. The first-order valence-corrected chi connectivity index (χ1v) is 21.0. The SMILES string of the molecule is [CH2-]N(c1ccccc1Nc1[c-]c(Oc2[c-]c3c4c(c2)B(C(C)C)c2cccc(c24)n3-c2cc(C(C)(C)C)ccn2)ccc1)c1c(-c2ccccc2)cccc1-c1ccccc1.[Pt]. The first kappa shape index (κ1) is 41.0. The summed E-state index contributed by atoms with van der Waals surface area (Å²) in [5, 5.41) is 6.19.